The number of ketones is 3. The molecule has 20 fully saturated rings. The number of aliphatic hydroxyl groups is 1. The summed E-state index contributed by atoms with van der Waals surface area (Å²) in [7, 11) is 0. The number of piperidine rings is 8. The van der Waals surface area contributed by atoms with Crippen LogP contribution in [0, 0.1) is 76.9 Å². The van der Waals surface area contributed by atoms with E-state index in [0.717, 1.165) is 230 Å². The quantitative estimate of drug-likeness (QED) is 0.0786. The van der Waals surface area contributed by atoms with E-state index in [9.17, 15) is 38.7 Å². The molecular weight excluding hydrogens is 1870 g/mol. The molecule has 8 aliphatic carbocycles. The predicted octanol–water partition coefficient (Wildman–Crippen LogP) is 22.5. The Morgan fingerprint density at radius 2 is 0.520 bits per heavy atom. The van der Waals surface area contributed by atoms with Crippen molar-refractivity contribution in [3.05, 3.63) is 151 Å². The molecule has 28 rings (SSSR count). The molecule has 24 heteroatoms. The monoisotopic (exact) mass is 2040 g/mol. The zero-order valence-corrected chi connectivity index (χ0v) is 91.2. The number of nitrogens with zero attached hydrogens (tertiary/aromatic N) is 16. The van der Waals surface area contributed by atoms with Gasteiger partial charge in [-0.25, -0.2) is 19.9 Å². The van der Waals surface area contributed by atoms with E-state index >= 15 is 0 Å². The Kier molecular flexibility index (Phi) is 28.6. The summed E-state index contributed by atoms with van der Waals surface area (Å²) < 4.78 is 8.39. The van der Waals surface area contributed by atoms with Crippen LogP contribution in [0.25, 0.3) is 44.1 Å². The van der Waals surface area contributed by atoms with Crippen LogP contribution in [0.4, 0.5) is 23.3 Å². The number of rotatable bonds is 18. The van der Waals surface area contributed by atoms with Crippen LogP contribution in [0.5, 0.6) is 0 Å². The highest BCUT2D eigenvalue weighted by atomic mass is 16.3. The Morgan fingerprint density at radius 1 is 0.293 bits per heavy atom. The second kappa shape index (κ2) is 42.3. The summed E-state index contributed by atoms with van der Waals surface area (Å²) in [5, 5.41) is 9.80. The number of aliphatic hydroxyl groups excluding tert-OH is 1. The van der Waals surface area contributed by atoms with Crippen molar-refractivity contribution < 1.29 is 19.5 Å². The van der Waals surface area contributed by atoms with Crippen molar-refractivity contribution in [1.82, 2.24) is 57.8 Å². The first kappa shape index (κ1) is 102. The molecule has 20 aliphatic rings. The van der Waals surface area contributed by atoms with E-state index in [4.69, 9.17) is 19.9 Å². The Morgan fingerprint density at radius 3 is 0.740 bits per heavy atom. The highest BCUT2D eigenvalue weighted by Crippen LogP contribution is 2.57. The van der Waals surface area contributed by atoms with Crippen LogP contribution in [0.1, 0.15) is 362 Å². The van der Waals surface area contributed by atoms with Crippen LogP contribution in [0.3, 0.4) is 0 Å². The van der Waals surface area contributed by atoms with Gasteiger partial charge in [0.1, 0.15) is 0 Å². The van der Waals surface area contributed by atoms with E-state index in [-0.39, 0.29) is 93.6 Å². The molecule has 24 nitrogen and oxygen atoms in total. The van der Waals surface area contributed by atoms with Crippen LogP contribution in [-0.4, -0.2) is 204 Å². The summed E-state index contributed by atoms with van der Waals surface area (Å²) in [6, 6.07) is 40.4. The minimum Gasteiger partial charge on any atom is -0.513 e. The molecule has 0 radical (unpaired) electrons. The zero-order valence-electron chi connectivity index (χ0n) is 91.2. The van der Waals surface area contributed by atoms with Gasteiger partial charge in [-0.2, -0.15) is 0 Å². The maximum atomic E-state index is 14.1. The van der Waals surface area contributed by atoms with Crippen LogP contribution in [0.2, 0.25) is 0 Å². The number of benzene rings is 4. The number of aromatic nitrogens is 8. The first-order chi connectivity index (χ1) is 72.9. The third-order valence-electron chi connectivity index (χ3n) is 43.5. The van der Waals surface area contributed by atoms with Crippen molar-refractivity contribution in [1.29, 1.82) is 0 Å². The molecule has 1 N–H and O–H groups in total. The van der Waals surface area contributed by atoms with Gasteiger partial charge in [-0.3, -0.25) is 53.2 Å². The van der Waals surface area contributed by atoms with E-state index in [0.29, 0.717) is 84.7 Å². The molecular formula is C126H172N16O8. The number of Topliss-reactive ketones (excluding diaryl/α,β-unsaturated/α-hetero) is 3. The number of anilines is 4. The number of fused-ring (bicyclic) bond motifs is 20. The van der Waals surface area contributed by atoms with E-state index in [2.05, 4.69) is 96.4 Å². The van der Waals surface area contributed by atoms with Crippen molar-refractivity contribution in [2.75, 3.05) is 52.3 Å². The molecule has 8 aromatic rings. The van der Waals surface area contributed by atoms with Crippen LogP contribution < -0.4 is 41.8 Å². The van der Waals surface area contributed by atoms with E-state index in [1.54, 1.807) is 20.8 Å². The predicted molar refractivity (Wildman–Crippen MR) is 598 cm³/mol. The molecule has 4 aromatic carbocycles. The minimum absolute atomic E-state index is 0.00218. The lowest BCUT2D eigenvalue weighted by atomic mass is 9.64. The number of hydrogen-bond donors (Lipinski definition) is 1. The van der Waals surface area contributed by atoms with Gasteiger partial charge < -0.3 is 43.0 Å². The minimum atomic E-state index is -0.205. The molecule has 804 valence electrons. The molecule has 12 aliphatic heterocycles. The van der Waals surface area contributed by atoms with Crippen LogP contribution >= 0.6 is 0 Å². The summed E-state index contributed by atoms with van der Waals surface area (Å²) in [4.78, 5) is 132. The van der Waals surface area contributed by atoms with Crippen molar-refractivity contribution in [3.8, 4) is 0 Å². The highest BCUT2D eigenvalue weighted by Gasteiger charge is 2.55. The van der Waals surface area contributed by atoms with Gasteiger partial charge in [-0.15, -0.1) is 0 Å². The molecule has 150 heavy (non-hydrogen) atoms. The molecule has 0 spiro atoms. The molecule has 4 aromatic heterocycles. The largest absolute Gasteiger partial charge is 0.513 e. The van der Waals surface area contributed by atoms with Crippen molar-refractivity contribution in [2.45, 2.75) is 452 Å². The summed E-state index contributed by atoms with van der Waals surface area (Å²) >= 11 is 0. The van der Waals surface area contributed by atoms with Gasteiger partial charge in [-0.05, 0) is 391 Å². The molecule has 8 saturated carbocycles. The van der Waals surface area contributed by atoms with Gasteiger partial charge in [0.05, 0.1) is 73.9 Å². The second-order valence-electron chi connectivity index (χ2n) is 53.1. The van der Waals surface area contributed by atoms with Crippen molar-refractivity contribution >= 4 is 84.8 Å². The standard InChI is InChI=1S/2C32H44N4O2.2C31H42N4O2/c2*1-3-21-13-22-15-23(14-21)17-26(16-22)35-24-7-6-8-25(35)19-27(18-24)36-30-10-5-4-9-28(30)33-31(32(36)38)34-12-11-29(34)20(2)37;1-19-10-21-12-22(11-19)14-26(13-21)34-24-6-5-7-25(34)16-27(15-24)35-29-9-4-3-8-28(29)32-30(31(35)37)33-17-23(18-33)20(2)36;1-19-12-21-14-22(13-19)16-25(15-21)34-23-6-5-7-24(34)18-26(17-23)35-29-9-4-3-8-27(29)32-30(31(35)37)33-11-10-28(33)20(2)36/h2*4-5,9-10,21-27,29H,3,6-8,11-19H2,1-2H3;3-4,8-9,19,21-27,36H,2,5-7,10-18H2,1H3;3-4,8-9,19,21-26,28H,5-7,10-18H2,1-2H3. The lowest BCUT2D eigenvalue weighted by Crippen LogP contribution is -2.59. The molecule has 16 heterocycles. The van der Waals surface area contributed by atoms with Gasteiger partial charge >= 0.3 is 0 Å². The van der Waals surface area contributed by atoms with Gasteiger partial charge in [-0.1, -0.05) is 121 Å². The molecule has 19 atom stereocenters. The van der Waals surface area contributed by atoms with Gasteiger partial charge in [0.15, 0.2) is 40.6 Å². The molecule has 19 unspecified atom stereocenters. The average molecular weight is 2040 g/mol. The lowest BCUT2D eigenvalue weighted by molar-refractivity contribution is -0.120. The zero-order chi connectivity index (χ0) is 102. The molecule has 12 saturated heterocycles. The maximum Gasteiger partial charge on any atom is 0.294 e. The highest BCUT2D eigenvalue weighted by molar-refractivity contribution is 5.89. The summed E-state index contributed by atoms with van der Waals surface area (Å²) in [6.07, 6.45) is 57.6. The van der Waals surface area contributed by atoms with Crippen LogP contribution in [0.15, 0.2) is 129 Å². The SMILES string of the molecule is C=C(O)C1CN(c2nc3ccccc3n(C3CC4CCCC(C3)N4C3CC4CC(C)CC(C4)C3)c2=O)C1.CC(=O)C1CCN1c1nc2ccccc2n(C2CC3CCCC(C2)N3C2CC3CC(C)CC(C3)C2)c1=O.CCC1CC2CC(C1)CC(N1C3CCCC1CC(n1c(=O)c(N4CCC4C(C)=O)nc4ccccc41)C3)C2.CCC1CC2CC(C1)CC(N1C3CCCC1CC(n1c(=O)c(N4CCC4C(C)=O)nc4ccccc41)C3)C2. The molecule has 0 amide bonds. The number of carbonyl (C=O) groups excluding carboxylic acids is 3. The van der Waals surface area contributed by atoms with Gasteiger partial charge in [0.25, 0.3) is 22.2 Å². The summed E-state index contributed by atoms with van der Waals surface area (Å²) in [5.74, 6) is 13.7. The first-order valence-electron chi connectivity index (χ1n) is 61.0. The van der Waals surface area contributed by atoms with E-state index in [1.165, 1.54) is 218 Å². The Hall–Kier alpha value is -8.97. The fourth-order valence-electron chi connectivity index (χ4n) is 37.5. The van der Waals surface area contributed by atoms with Crippen molar-refractivity contribution in [3.63, 3.8) is 0 Å². The normalized spacial score (nSPS) is 37.1. The first-order valence-corrected chi connectivity index (χ1v) is 61.0. The smallest absolute Gasteiger partial charge is 0.294 e. The fourth-order valence-corrected chi connectivity index (χ4v) is 37.5. The third-order valence-corrected chi connectivity index (χ3v) is 43.5. The maximum absolute atomic E-state index is 14.1. The Balaban J connectivity index is 0.000000104. The van der Waals surface area contributed by atoms with E-state index in [1.807, 2.05) is 92.4 Å². The average Bonchev–Trinajstić information content (AvgIpc) is 0.742. The third kappa shape index (κ3) is 19.3. The summed E-state index contributed by atoms with van der Waals surface area (Å²) in [6.45, 7) is 21.7. The Bertz CT molecular complexity index is 6290. The topological polar surface area (TPSA) is 237 Å². The fraction of sp³-hybridized carbons (Fsp3) is 0.706. The second-order valence-corrected chi connectivity index (χ2v) is 53.1. The molecule has 16 bridgehead atoms. The summed E-state index contributed by atoms with van der Waals surface area (Å²) in [5.41, 5.74) is 7.38. The van der Waals surface area contributed by atoms with Crippen molar-refractivity contribution in [2.24, 2.45) is 76.9 Å². The number of para-hydroxylation sites is 8. The van der Waals surface area contributed by atoms with Crippen LogP contribution in [-0.2, 0) is 14.4 Å². The number of carbonyl (C=O) groups is 3. The van der Waals surface area contributed by atoms with Gasteiger partial charge in [0.2, 0.25) is 0 Å². The van der Waals surface area contributed by atoms with Gasteiger partial charge in [0, 0.05) is 129 Å². The number of hydrogen-bond acceptors (Lipinski definition) is 20. The Labute approximate surface area is 888 Å². The van der Waals surface area contributed by atoms with E-state index < -0.39 is 0 Å². The lowest BCUT2D eigenvalue weighted by Gasteiger charge is -2.56.